The molecule has 0 fully saturated rings. The Labute approximate surface area is 254 Å². The van der Waals surface area contributed by atoms with E-state index < -0.39 is 28.5 Å². The number of anilines is 1. The molecule has 0 heterocycles. The lowest BCUT2D eigenvalue weighted by Gasteiger charge is -2.33. The number of nitrogens with one attached hydrogen (secondary N) is 1. The molecule has 0 aromatic heterocycles. The van der Waals surface area contributed by atoms with Crippen molar-refractivity contribution in [1.29, 1.82) is 0 Å². The first-order chi connectivity index (χ1) is 20.7. The van der Waals surface area contributed by atoms with Crippen LogP contribution < -0.4 is 14.4 Å². The maximum Gasteiger partial charge on any atom is 0.264 e. The third kappa shape index (κ3) is 8.02. The molecule has 0 bridgehead atoms. The Morgan fingerprint density at radius 1 is 0.814 bits per heavy atom. The maximum atomic E-state index is 14.3. The number of para-hydroxylation sites is 1. The first-order valence-corrected chi connectivity index (χ1v) is 15.6. The van der Waals surface area contributed by atoms with Crippen molar-refractivity contribution in [3.8, 4) is 5.75 Å². The van der Waals surface area contributed by atoms with Crippen LogP contribution in [0.5, 0.6) is 5.75 Å². The van der Waals surface area contributed by atoms with Gasteiger partial charge in [0.2, 0.25) is 11.8 Å². The van der Waals surface area contributed by atoms with Crippen molar-refractivity contribution in [2.75, 3.05) is 24.5 Å². The molecule has 2 amide bonds. The number of hydrogen-bond donors (Lipinski definition) is 1. The highest BCUT2D eigenvalue weighted by Crippen LogP contribution is 2.26. The lowest BCUT2D eigenvalue weighted by atomic mass is 10.0. The number of methoxy groups -OCH3 is 1. The minimum Gasteiger partial charge on any atom is -0.497 e. The lowest BCUT2D eigenvalue weighted by Crippen LogP contribution is -2.53. The van der Waals surface area contributed by atoms with Crippen LogP contribution in [0.2, 0.25) is 0 Å². The molecule has 8 nitrogen and oxygen atoms in total. The third-order valence-corrected chi connectivity index (χ3v) is 8.85. The molecule has 0 radical (unpaired) electrons. The molecule has 0 unspecified atom stereocenters. The van der Waals surface area contributed by atoms with Gasteiger partial charge < -0.3 is 15.0 Å². The van der Waals surface area contributed by atoms with Crippen LogP contribution in [0.15, 0.2) is 114 Å². The molecule has 0 aliphatic rings. The average molecular weight is 600 g/mol. The van der Waals surface area contributed by atoms with E-state index in [1.54, 1.807) is 42.5 Å². The molecule has 0 aliphatic heterocycles. The van der Waals surface area contributed by atoms with Crippen LogP contribution in [-0.4, -0.2) is 51.4 Å². The largest absolute Gasteiger partial charge is 0.497 e. The summed E-state index contributed by atoms with van der Waals surface area (Å²) in [5, 5.41) is 2.87. The molecule has 0 aliphatic carbocycles. The summed E-state index contributed by atoms with van der Waals surface area (Å²) in [7, 11) is -2.67. The summed E-state index contributed by atoms with van der Waals surface area (Å²) < 4.78 is 34.3. The fraction of sp³-hybridized carbons (Fsp3) is 0.235. The van der Waals surface area contributed by atoms with E-state index in [0.29, 0.717) is 18.0 Å². The smallest absolute Gasteiger partial charge is 0.264 e. The predicted molar refractivity (Wildman–Crippen MR) is 168 cm³/mol. The number of ether oxygens (including phenoxy) is 1. The van der Waals surface area contributed by atoms with E-state index >= 15 is 0 Å². The van der Waals surface area contributed by atoms with E-state index in [0.717, 1.165) is 21.0 Å². The molecule has 0 spiro atoms. The van der Waals surface area contributed by atoms with E-state index in [2.05, 4.69) is 5.32 Å². The summed E-state index contributed by atoms with van der Waals surface area (Å²) in [4.78, 5) is 29.4. The van der Waals surface area contributed by atoms with Gasteiger partial charge in [0.1, 0.15) is 18.3 Å². The van der Waals surface area contributed by atoms with Crippen LogP contribution >= 0.6 is 0 Å². The number of carbonyl (C=O) groups excluding carboxylic acids is 2. The minimum atomic E-state index is -4.17. The van der Waals surface area contributed by atoms with Crippen LogP contribution in [0.4, 0.5) is 5.69 Å². The third-order valence-electron chi connectivity index (χ3n) is 7.07. The summed E-state index contributed by atoms with van der Waals surface area (Å²) in [6.07, 6.45) is 0.265. The van der Waals surface area contributed by atoms with Gasteiger partial charge in [-0.25, -0.2) is 8.42 Å². The number of benzene rings is 4. The van der Waals surface area contributed by atoms with Crippen LogP contribution in [0.1, 0.15) is 23.6 Å². The molecule has 9 heteroatoms. The SMILES string of the molecule is CCNC(=O)[C@H](Cc1ccccc1)N(Cc1ccc(C)cc1)C(=O)CN(c1ccccc1)S(=O)(=O)c1ccc(OC)cc1. The van der Waals surface area contributed by atoms with Gasteiger partial charge in [-0.2, -0.15) is 0 Å². The fourth-order valence-electron chi connectivity index (χ4n) is 4.73. The summed E-state index contributed by atoms with van der Waals surface area (Å²) in [5.74, 6) is -0.305. The van der Waals surface area contributed by atoms with Gasteiger partial charge in [0.25, 0.3) is 10.0 Å². The molecule has 0 saturated heterocycles. The number of hydrogen-bond acceptors (Lipinski definition) is 5. The van der Waals surface area contributed by atoms with Gasteiger partial charge in [-0.15, -0.1) is 0 Å². The van der Waals surface area contributed by atoms with E-state index in [-0.39, 0.29) is 23.8 Å². The number of amides is 2. The monoisotopic (exact) mass is 599 g/mol. The van der Waals surface area contributed by atoms with Crippen molar-refractivity contribution < 1.29 is 22.7 Å². The van der Waals surface area contributed by atoms with Gasteiger partial charge >= 0.3 is 0 Å². The van der Waals surface area contributed by atoms with Crippen LogP contribution in [0.3, 0.4) is 0 Å². The standard InChI is InChI=1S/C34H37N3O5S/c1-4-35-34(39)32(23-27-11-7-5-8-12-27)36(24-28-17-15-26(2)16-18-28)33(38)25-37(29-13-9-6-10-14-29)43(40,41)31-21-19-30(42-3)20-22-31/h5-22,32H,4,23-25H2,1-3H3,(H,35,39)/t32-/m0/s1. The van der Waals surface area contributed by atoms with Crippen molar-refractivity contribution in [1.82, 2.24) is 10.2 Å². The Morgan fingerprint density at radius 2 is 1.42 bits per heavy atom. The van der Waals surface area contributed by atoms with Gasteiger partial charge in [0.05, 0.1) is 17.7 Å². The molecule has 43 heavy (non-hydrogen) atoms. The Kier molecular flexibility index (Phi) is 10.6. The highest BCUT2D eigenvalue weighted by atomic mass is 32.2. The molecular weight excluding hydrogens is 562 g/mol. The summed E-state index contributed by atoms with van der Waals surface area (Å²) >= 11 is 0. The minimum absolute atomic E-state index is 0.0135. The Balaban J connectivity index is 1.77. The zero-order valence-corrected chi connectivity index (χ0v) is 25.5. The van der Waals surface area contributed by atoms with Crippen LogP contribution in [-0.2, 0) is 32.6 Å². The van der Waals surface area contributed by atoms with Gasteiger partial charge in [-0.3, -0.25) is 13.9 Å². The second-order valence-electron chi connectivity index (χ2n) is 10.1. The van der Waals surface area contributed by atoms with E-state index in [1.165, 1.54) is 24.1 Å². The first-order valence-electron chi connectivity index (χ1n) is 14.1. The zero-order valence-electron chi connectivity index (χ0n) is 24.6. The van der Waals surface area contributed by atoms with Crippen LogP contribution in [0, 0.1) is 6.92 Å². The maximum absolute atomic E-state index is 14.3. The van der Waals surface area contributed by atoms with E-state index in [1.807, 2.05) is 68.4 Å². The highest BCUT2D eigenvalue weighted by molar-refractivity contribution is 7.92. The van der Waals surface area contributed by atoms with Crippen molar-refractivity contribution in [2.45, 2.75) is 37.8 Å². The van der Waals surface area contributed by atoms with Gasteiger partial charge in [-0.05, 0) is 61.4 Å². The second-order valence-corrected chi connectivity index (χ2v) is 12.0. The van der Waals surface area contributed by atoms with Crippen molar-refractivity contribution in [3.63, 3.8) is 0 Å². The van der Waals surface area contributed by atoms with E-state index in [9.17, 15) is 18.0 Å². The normalized spacial score (nSPS) is 11.8. The summed E-state index contributed by atoms with van der Waals surface area (Å²) in [6.45, 7) is 3.80. The number of aryl methyl sites for hydroxylation is 1. The number of carbonyl (C=O) groups is 2. The number of sulfonamides is 1. The van der Waals surface area contributed by atoms with Crippen molar-refractivity contribution in [3.05, 3.63) is 126 Å². The second kappa shape index (κ2) is 14.5. The topological polar surface area (TPSA) is 96.0 Å². The average Bonchev–Trinajstić information content (AvgIpc) is 3.03. The molecule has 1 atom stereocenters. The molecule has 1 N–H and O–H groups in total. The number of rotatable bonds is 13. The molecule has 4 aromatic rings. The Morgan fingerprint density at radius 3 is 2.00 bits per heavy atom. The number of likely N-dealkylation sites (N-methyl/N-ethyl adjacent to an activating group) is 1. The lowest BCUT2D eigenvalue weighted by molar-refractivity contribution is -0.140. The highest BCUT2D eigenvalue weighted by Gasteiger charge is 2.34. The van der Waals surface area contributed by atoms with Crippen molar-refractivity contribution in [2.24, 2.45) is 0 Å². The summed E-state index contributed by atoms with van der Waals surface area (Å²) in [6, 6.07) is 30.8. The van der Waals surface area contributed by atoms with Gasteiger partial charge in [0.15, 0.2) is 0 Å². The molecular formula is C34H37N3O5S. The molecule has 4 rings (SSSR count). The fourth-order valence-corrected chi connectivity index (χ4v) is 6.15. The van der Waals surface area contributed by atoms with Gasteiger partial charge in [-0.1, -0.05) is 78.4 Å². The predicted octanol–water partition coefficient (Wildman–Crippen LogP) is 4.98. The summed E-state index contributed by atoms with van der Waals surface area (Å²) in [5.41, 5.74) is 3.10. The Bertz CT molecular complexity index is 1590. The molecule has 0 saturated carbocycles. The zero-order chi connectivity index (χ0) is 30.8. The van der Waals surface area contributed by atoms with Crippen molar-refractivity contribution >= 4 is 27.5 Å². The molecule has 224 valence electrons. The van der Waals surface area contributed by atoms with Gasteiger partial charge in [0, 0.05) is 19.5 Å². The number of nitrogens with zero attached hydrogens (tertiary/aromatic N) is 2. The Hall–Kier alpha value is -4.63. The quantitative estimate of drug-likeness (QED) is 0.234. The molecule has 4 aromatic carbocycles. The van der Waals surface area contributed by atoms with E-state index in [4.69, 9.17) is 4.74 Å². The van der Waals surface area contributed by atoms with Crippen LogP contribution in [0.25, 0.3) is 0 Å². The first kappa shape index (κ1) is 31.3.